The van der Waals surface area contributed by atoms with Gasteiger partial charge in [-0.25, -0.2) is 13.1 Å². The molecule has 2 aromatic rings. The maximum absolute atomic E-state index is 12.4. The monoisotopic (exact) mass is 346 g/mol. The van der Waals surface area contributed by atoms with Gasteiger partial charge in [0, 0.05) is 50.2 Å². The van der Waals surface area contributed by atoms with E-state index in [1.54, 1.807) is 35.6 Å². The van der Waals surface area contributed by atoms with E-state index in [0.717, 1.165) is 19.5 Å². The average Bonchev–Trinajstić information content (AvgIpc) is 2.54. The van der Waals surface area contributed by atoms with Gasteiger partial charge in [-0.05, 0) is 24.6 Å². The second-order valence-corrected chi connectivity index (χ2v) is 7.29. The fourth-order valence-electron chi connectivity index (χ4n) is 2.35. The lowest BCUT2D eigenvalue weighted by Gasteiger charge is -2.31. The first-order valence-corrected chi connectivity index (χ1v) is 9.18. The molecule has 7 nitrogen and oxygen atoms in total. The van der Waals surface area contributed by atoms with Crippen molar-refractivity contribution in [3.63, 3.8) is 0 Å². The Bertz CT molecular complexity index is 820. The van der Waals surface area contributed by atoms with E-state index >= 15 is 0 Å². The van der Waals surface area contributed by atoms with Crippen molar-refractivity contribution in [1.29, 1.82) is 0 Å². The molecule has 1 aliphatic rings. The third-order valence-electron chi connectivity index (χ3n) is 3.82. The lowest BCUT2D eigenvalue weighted by atomic mass is 10.1. The number of nitrogens with zero attached hydrogens (tertiary/aromatic N) is 3. The van der Waals surface area contributed by atoms with Crippen molar-refractivity contribution in [2.24, 2.45) is 0 Å². The fourth-order valence-corrected chi connectivity index (χ4v) is 3.43. The zero-order chi connectivity index (χ0) is 17.0. The van der Waals surface area contributed by atoms with Crippen molar-refractivity contribution < 1.29 is 13.2 Å². The first-order chi connectivity index (χ1) is 11.6. The topological polar surface area (TPSA) is 92.3 Å². The zero-order valence-electron chi connectivity index (χ0n) is 13.1. The van der Waals surface area contributed by atoms with Crippen molar-refractivity contribution in [3.8, 4) is 0 Å². The molecule has 0 aliphatic carbocycles. The molecular formula is C16H18N4O3S. The number of nitrogens with one attached hydrogen (secondary N) is 1. The highest BCUT2D eigenvalue weighted by Gasteiger charge is 2.23. The Morgan fingerprint density at radius 2 is 2.08 bits per heavy atom. The Balaban J connectivity index is 1.66. The number of carbonyl (C=O) groups is 1. The highest BCUT2D eigenvalue weighted by atomic mass is 32.2. The number of benzene rings is 1. The normalized spacial score (nSPS) is 14.2. The summed E-state index contributed by atoms with van der Waals surface area (Å²) in [5, 5.41) is 0. The second kappa shape index (κ2) is 7.06. The standard InChI is InChI=1S/C16H18N4O3S/c21-16(20-9-2-10-20)13-3-1-4-15(11-13)24(22,23)19-6-5-14-12-17-7-8-18-14/h1,3-4,7-8,11-12,19H,2,5-6,9-10H2. The van der Waals surface area contributed by atoms with Gasteiger partial charge in [0.2, 0.25) is 10.0 Å². The smallest absolute Gasteiger partial charge is 0.253 e. The quantitative estimate of drug-likeness (QED) is 0.837. The van der Waals surface area contributed by atoms with Crippen LogP contribution >= 0.6 is 0 Å². The number of likely N-dealkylation sites (tertiary alicyclic amines) is 1. The van der Waals surface area contributed by atoms with Crippen LogP contribution in [0.2, 0.25) is 0 Å². The van der Waals surface area contributed by atoms with Gasteiger partial charge in [0.25, 0.3) is 5.91 Å². The maximum Gasteiger partial charge on any atom is 0.253 e. The van der Waals surface area contributed by atoms with Crippen molar-refractivity contribution in [2.75, 3.05) is 19.6 Å². The predicted molar refractivity (Wildman–Crippen MR) is 87.9 cm³/mol. The lowest BCUT2D eigenvalue weighted by Crippen LogP contribution is -2.42. The highest BCUT2D eigenvalue weighted by molar-refractivity contribution is 7.89. The summed E-state index contributed by atoms with van der Waals surface area (Å²) in [6.45, 7) is 1.67. The molecule has 1 aliphatic heterocycles. The van der Waals surface area contributed by atoms with Gasteiger partial charge < -0.3 is 4.90 Å². The molecule has 0 atom stereocenters. The van der Waals surface area contributed by atoms with Crippen molar-refractivity contribution in [1.82, 2.24) is 19.6 Å². The maximum atomic E-state index is 12.4. The molecule has 0 radical (unpaired) electrons. The molecule has 1 aromatic heterocycles. The molecular weight excluding hydrogens is 328 g/mol. The lowest BCUT2D eigenvalue weighted by molar-refractivity contribution is 0.0651. The van der Waals surface area contributed by atoms with E-state index in [-0.39, 0.29) is 17.3 Å². The van der Waals surface area contributed by atoms with E-state index in [4.69, 9.17) is 0 Å². The summed E-state index contributed by atoms with van der Waals surface area (Å²) in [4.78, 5) is 22.0. The van der Waals surface area contributed by atoms with Crippen LogP contribution in [0.25, 0.3) is 0 Å². The van der Waals surface area contributed by atoms with Crippen LogP contribution in [0.4, 0.5) is 0 Å². The molecule has 1 aromatic carbocycles. The summed E-state index contributed by atoms with van der Waals surface area (Å²) in [7, 11) is -3.67. The Hall–Kier alpha value is -2.32. The van der Waals surface area contributed by atoms with Crippen LogP contribution in [0.15, 0.2) is 47.8 Å². The van der Waals surface area contributed by atoms with Gasteiger partial charge >= 0.3 is 0 Å². The van der Waals surface area contributed by atoms with Crippen LogP contribution in [-0.2, 0) is 16.4 Å². The van der Waals surface area contributed by atoms with Gasteiger partial charge in [-0.15, -0.1) is 0 Å². The van der Waals surface area contributed by atoms with E-state index < -0.39 is 10.0 Å². The first-order valence-electron chi connectivity index (χ1n) is 7.70. The minimum atomic E-state index is -3.67. The van der Waals surface area contributed by atoms with E-state index in [9.17, 15) is 13.2 Å². The van der Waals surface area contributed by atoms with Crippen molar-refractivity contribution in [3.05, 3.63) is 54.1 Å². The first kappa shape index (κ1) is 16.5. The second-order valence-electron chi connectivity index (χ2n) is 5.52. The Kier molecular flexibility index (Phi) is 4.86. The molecule has 0 unspecified atom stereocenters. The summed E-state index contributed by atoms with van der Waals surface area (Å²) in [5.41, 5.74) is 1.11. The van der Waals surface area contributed by atoms with Crippen LogP contribution in [0.5, 0.6) is 0 Å². The highest BCUT2D eigenvalue weighted by Crippen LogP contribution is 2.16. The van der Waals surface area contributed by atoms with Crippen LogP contribution < -0.4 is 4.72 Å². The number of amides is 1. The molecule has 126 valence electrons. The summed E-state index contributed by atoms with van der Waals surface area (Å²) in [5.74, 6) is -0.127. The Morgan fingerprint density at radius 1 is 1.25 bits per heavy atom. The zero-order valence-corrected chi connectivity index (χ0v) is 13.9. The van der Waals surface area contributed by atoms with Gasteiger partial charge in [-0.2, -0.15) is 0 Å². The molecule has 1 saturated heterocycles. The minimum Gasteiger partial charge on any atom is -0.339 e. The molecule has 1 fully saturated rings. The summed E-state index contributed by atoms with van der Waals surface area (Å²) in [6, 6.07) is 6.13. The molecule has 24 heavy (non-hydrogen) atoms. The molecule has 0 saturated carbocycles. The number of carbonyl (C=O) groups excluding carboxylic acids is 1. The molecule has 0 spiro atoms. The number of hydrogen-bond donors (Lipinski definition) is 1. The van der Waals surface area contributed by atoms with Crippen LogP contribution in [0.1, 0.15) is 22.5 Å². The van der Waals surface area contributed by atoms with Crippen molar-refractivity contribution >= 4 is 15.9 Å². The molecule has 0 bridgehead atoms. The predicted octanol–water partition coefficient (Wildman–Crippen LogP) is 0.843. The van der Waals surface area contributed by atoms with Crippen LogP contribution in [0, 0.1) is 0 Å². The third-order valence-corrected chi connectivity index (χ3v) is 5.28. The van der Waals surface area contributed by atoms with Gasteiger partial charge in [-0.3, -0.25) is 14.8 Å². The molecule has 1 amide bonds. The number of rotatable bonds is 6. The van der Waals surface area contributed by atoms with Gasteiger partial charge in [0.05, 0.1) is 10.6 Å². The van der Waals surface area contributed by atoms with E-state index in [2.05, 4.69) is 14.7 Å². The van der Waals surface area contributed by atoms with E-state index in [1.165, 1.54) is 12.1 Å². The fraction of sp³-hybridized carbons (Fsp3) is 0.312. The number of aromatic nitrogens is 2. The van der Waals surface area contributed by atoms with Crippen molar-refractivity contribution in [2.45, 2.75) is 17.7 Å². The average molecular weight is 346 g/mol. The number of hydrogen-bond acceptors (Lipinski definition) is 5. The SMILES string of the molecule is O=C(c1cccc(S(=O)(=O)NCCc2cnccn2)c1)N1CCC1. The Morgan fingerprint density at radius 3 is 2.75 bits per heavy atom. The van der Waals surface area contributed by atoms with E-state index in [1.807, 2.05) is 0 Å². The summed E-state index contributed by atoms with van der Waals surface area (Å²) >= 11 is 0. The van der Waals surface area contributed by atoms with Gasteiger partial charge in [0.1, 0.15) is 0 Å². The van der Waals surface area contributed by atoms with Crippen LogP contribution in [-0.4, -0.2) is 48.8 Å². The minimum absolute atomic E-state index is 0.0908. The summed E-state index contributed by atoms with van der Waals surface area (Å²) < 4.78 is 27.3. The third kappa shape index (κ3) is 3.77. The van der Waals surface area contributed by atoms with Gasteiger partial charge in [-0.1, -0.05) is 6.07 Å². The Labute approximate surface area is 140 Å². The van der Waals surface area contributed by atoms with E-state index in [0.29, 0.717) is 17.7 Å². The van der Waals surface area contributed by atoms with Crippen LogP contribution in [0.3, 0.4) is 0 Å². The molecule has 3 rings (SSSR count). The molecule has 2 heterocycles. The van der Waals surface area contributed by atoms with Gasteiger partial charge in [0.15, 0.2) is 0 Å². The number of sulfonamides is 1. The molecule has 8 heteroatoms. The molecule has 1 N–H and O–H groups in total. The summed E-state index contributed by atoms with van der Waals surface area (Å²) in [6.07, 6.45) is 6.16. The largest absolute Gasteiger partial charge is 0.339 e.